The molecule has 9 nitrogen and oxygen atoms in total. The highest BCUT2D eigenvalue weighted by atomic mass is 35.5. The summed E-state index contributed by atoms with van der Waals surface area (Å²) in [4.78, 5) is 29.3. The number of halogens is 2. The zero-order chi connectivity index (χ0) is 31.6. The normalized spacial score (nSPS) is 11.9. The average Bonchev–Trinajstić information content (AvgIpc) is 2.98. The molecule has 1 N–H and O–H groups in total. The summed E-state index contributed by atoms with van der Waals surface area (Å²) < 4.78 is 37.8. The van der Waals surface area contributed by atoms with Gasteiger partial charge in [0.05, 0.1) is 26.2 Å². The molecule has 0 aromatic heterocycles. The molecule has 3 aromatic carbocycles. The van der Waals surface area contributed by atoms with E-state index in [1.807, 2.05) is 37.3 Å². The summed E-state index contributed by atoms with van der Waals surface area (Å²) in [5.41, 5.74) is 1.53. The lowest BCUT2D eigenvalue weighted by Gasteiger charge is -2.34. The fourth-order valence-electron chi connectivity index (χ4n) is 4.48. The van der Waals surface area contributed by atoms with Crippen molar-refractivity contribution in [3.63, 3.8) is 0 Å². The molecule has 0 radical (unpaired) electrons. The van der Waals surface area contributed by atoms with Crippen LogP contribution in [0.15, 0.2) is 66.7 Å². The molecule has 0 aliphatic carbocycles. The van der Waals surface area contributed by atoms with Crippen LogP contribution in [-0.2, 0) is 32.6 Å². The molecule has 0 saturated heterocycles. The number of sulfonamides is 1. The largest absolute Gasteiger partial charge is 0.497 e. The molecule has 43 heavy (non-hydrogen) atoms. The van der Waals surface area contributed by atoms with E-state index in [0.717, 1.165) is 29.0 Å². The Labute approximate surface area is 263 Å². The smallest absolute Gasteiger partial charge is 0.244 e. The van der Waals surface area contributed by atoms with E-state index in [1.54, 1.807) is 24.3 Å². The van der Waals surface area contributed by atoms with Gasteiger partial charge in [-0.15, -0.1) is 0 Å². The van der Waals surface area contributed by atoms with Gasteiger partial charge < -0.3 is 19.7 Å². The van der Waals surface area contributed by atoms with Crippen molar-refractivity contribution in [2.75, 3.05) is 37.9 Å². The van der Waals surface area contributed by atoms with Crippen molar-refractivity contribution >= 4 is 50.7 Å². The van der Waals surface area contributed by atoms with Crippen LogP contribution < -0.4 is 19.1 Å². The van der Waals surface area contributed by atoms with Crippen molar-refractivity contribution in [1.29, 1.82) is 0 Å². The lowest BCUT2D eigenvalue weighted by atomic mass is 10.0. The second kappa shape index (κ2) is 15.8. The first kappa shape index (κ1) is 34.0. The molecule has 0 heterocycles. The van der Waals surface area contributed by atoms with E-state index in [0.29, 0.717) is 27.9 Å². The Hall–Kier alpha value is -3.47. The first-order valence-corrected chi connectivity index (χ1v) is 16.3. The maximum atomic E-state index is 14.3. The summed E-state index contributed by atoms with van der Waals surface area (Å²) in [6.45, 7) is 1.78. The van der Waals surface area contributed by atoms with Crippen LogP contribution in [0.1, 0.15) is 30.9 Å². The number of carbonyl (C=O) groups is 2. The van der Waals surface area contributed by atoms with Crippen LogP contribution in [0.25, 0.3) is 0 Å². The molecule has 0 unspecified atom stereocenters. The van der Waals surface area contributed by atoms with E-state index >= 15 is 0 Å². The molecule has 0 saturated carbocycles. The second-order valence-corrected chi connectivity index (χ2v) is 12.7. The molecule has 3 rings (SSSR count). The monoisotopic (exact) mass is 649 g/mol. The van der Waals surface area contributed by atoms with Crippen molar-refractivity contribution in [3.05, 3.63) is 87.9 Å². The SMILES string of the molecule is CCCCNC(=O)[C@@H](Cc1ccccc1)N(Cc1ccc(Cl)cc1Cl)C(=O)CN(c1ccc(OC)cc1OC)S(C)(=O)=O. The maximum Gasteiger partial charge on any atom is 0.244 e. The molecule has 0 aliphatic heterocycles. The van der Waals surface area contributed by atoms with Gasteiger partial charge in [0.15, 0.2) is 0 Å². The predicted molar refractivity (Wildman–Crippen MR) is 171 cm³/mol. The summed E-state index contributed by atoms with van der Waals surface area (Å²) in [5, 5.41) is 3.67. The van der Waals surface area contributed by atoms with E-state index in [4.69, 9.17) is 32.7 Å². The van der Waals surface area contributed by atoms with Crippen LogP contribution in [0.5, 0.6) is 11.5 Å². The molecule has 232 valence electrons. The van der Waals surface area contributed by atoms with E-state index < -0.39 is 28.5 Å². The van der Waals surface area contributed by atoms with Crippen LogP contribution in [0.2, 0.25) is 10.0 Å². The molecule has 0 spiro atoms. The molecule has 12 heteroatoms. The Morgan fingerprint density at radius 1 is 0.977 bits per heavy atom. The van der Waals surface area contributed by atoms with Gasteiger partial charge in [0.25, 0.3) is 0 Å². The fraction of sp³-hybridized carbons (Fsp3) is 0.355. The van der Waals surface area contributed by atoms with Gasteiger partial charge in [-0.3, -0.25) is 13.9 Å². The van der Waals surface area contributed by atoms with Gasteiger partial charge in [-0.1, -0.05) is 72.9 Å². The number of benzene rings is 3. The number of hydrogen-bond donors (Lipinski definition) is 1. The molecular formula is C31H37Cl2N3O6S. The van der Waals surface area contributed by atoms with Gasteiger partial charge in [0.2, 0.25) is 21.8 Å². The van der Waals surface area contributed by atoms with Crippen molar-refractivity contribution in [2.45, 2.75) is 38.8 Å². The van der Waals surface area contributed by atoms with Gasteiger partial charge in [-0.25, -0.2) is 8.42 Å². The highest BCUT2D eigenvalue weighted by Crippen LogP contribution is 2.34. The Kier molecular flexibility index (Phi) is 12.5. The fourth-order valence-corrected chi connectivity index (χ4v) is 5.80. The molecule has 0 fully saturated rings. The minimum atomic E-state index is -3.99. The quantitative estimate of drug-likeness (QED) is 0.223. The third kappa shape index (κ3) is 9.51. The van der Waals surface area contributed by atoms with Gasteiger partial charge >= 0.3 is 0 Å². The molecule has 2 amide bonds. The van der Waals surface area contributed by atoms with E-state index in [9.17, 15) is 18.0 Å². The van der Waals surface area contributed by atoms with E-state index in [2.05, 4.69) is 5.32 Å². The number of methoxy groups -OCH3 is 2. The number of rotatable bonds is 15. The highest BCUT2D eigenvalue weighted by Gasteiger charge is 2.34. The Morgan fingerprint density at radius 2 is 1.70 bits per heavy atom. The van der Waals surface area contributed by atoms with Crippen LogP contribution in [-0.4, -0.2) is 64.7 Å². The third-order valence-corrected chi connectivity index (χ3v) is 8.50. The zero-order valence-electron chi connectivity index (χ0n) is 24.7. The lowest BCUT2D eigenvalue weighted by molar-refractivity contribution is -0.140. The van der Waals surface area contributed by atoms with Crippen molar-refractivity contribution in [2.24, 2.45) is 0 Å². The number of carbonyl (C=O) groups excluding carboxylic acids is 2. The molecule has 1 atom stereocenters. The first-order valence-electron chi connectivity index (χ1n) is 13.7. The van der Waals surface area contributed by atoms with E-state index in [1.165, 1.54) is 31.3 Å². The van der Waals surface area contributed by atoms with Crippen molar-refractivity contribution in [3.8, 4) is 11.5 Å². The topological polar surface area (TPSA) is 105 Å². The van der Waals surface area contributed by atoms with Gasteiger partial charge in [0, 0.05) is 35.6 Å². The second-order valence-electron chi connectivity index (χ2n) is 9.91. The number of ether oxygens (including phenoxy) is 2. The summed E-state index contributed by atoms with van der Waals surface area (Å²) >= 11 is 12.6. The van der Waals surface area contributed by atoms with Crippen molar-refractivity contribution in [1.82, 2.24) is 10.2 Å². The zero-order valence-corrected chi connectivity index (χ0v) is 27.0. The molecule has 0 bridgehead atoms. The lowest BCUT2D eigenvalue weighted by Crippen LogP contribution is -2.53. The third-order valence-electron chi connectivity index (χ3n) is 6.79. The molecular weight excluding hydrogens is 613 g/mol. The Bertz CT molecular complexity index is 1500. The van der Waals surface area contributed by atoms with Crippen molar-refractivity contribution < 1.29 is 27.5 Å². The van der Waals surface area contributed by atoms with Crippen LogP contribution >= 0.6 is 23.2 Å². The molecule has 0 aliphatic rings. The minimum Gasteiger partial charge on any atom is -0.497 e. The molecule has 3 aromatic rings. The van der Waals surface area contributed by atoms with Crippen LogP contribution in [0.3, 0.4) is 0 Å². The number of nitrogens with zero attached hydrogens (tertiary/aromatic N) is 2. The summed E-state index contributed by atoms with van der Waals surface area (Å²) in [6.07, 6.45) is 2.84. The predicted octanol–water partition coefficient (Wildman–Crippen LogP) is 5.33. The Balaban J connectivity index is 2.10. The average molecular weight is 651 g/mol. The number of amides is 2. The standard InChI is InChI=1S/C31H37Cl2N3O6S/c1-5-6-16-34-31(38)28(17-22-10-8-7-9-11-22)35(20-23-12-13-24(32)18-26(23)33)30(37)21-36(43(4,39)40)27-15-14-25(41-2)19-29(27)42-3/h7-15,18-19,28H,5-6,16-17,20-21H2,1-4H3,(H,34,38)/t28-/m1/s1. The minimum absolute atomic E-state index is 0.0646. The number of nitrogens with one attached hydrogen (secondary N) is 1. The highest BCUT2D eigenvalue weighted by molar-refractivity contribution is 7.92. The van der Waals surface area contributed by atoms with Crippen LogP contribution in [0, 0.1) is 0 Å². The number of hydrogen-bond acceptors (Lipinski definition) is 6. The first-order chi connectivity index (χ1) is 20.5. The summed E-state index contributed by atoms with van der Waals surface area (Å²) in [6, 6.07) is 17.8. The van der Waals surface area contributed by atoms with Crippen LogP contribution in [0.4, 0.5) is 5.69 Å². The van der Waals surface area contributed by atoms with Gasteiger partial charge in [0.1, 0.15) is 24.1 Å². The van der Waals surface area contributed by atoms with Gasteiger partial charge in [-0.2, -0.15) is 0 Å². The number of unbranched alkanes of at least 4 members (excludes halogenated alkanes) is 1. The van der Waals surface area contributed by atoms with E-state index in [-0.39, 0.29) is 30.3 Å². The Morgan fingerprint density at radius 3 is 2.30 bits per heavy atom. The maximum absolute atomic E-state index is 14.3. The summed E-state index contributed by atoms with van der Waals surface area (Å²) in [7, 11) is -1.12. The number of anilines is 1. The summed E-state index contributed by atoms with van der Waals surface area (Å²) in [5.74, 6) is -0.321. The van der Waals surface area contributed by atoms with Gasteiger partial charge in [-0.05, 0) is 41.8 Å².